The number of carbonyl (C=O) groups is 1. The van der Waals surface area contributed by atoms with Crippen LogP contribution in [0.1, 0.15) is 43.2 Å². The Morgan fingerprint density at radius 3 is 2.85 bits per heavy atom. The Hall–Kier alpha value is -1.79. The summed E-state index contributed by atoms with van der Waals surface area (Å²) in [5, 5.41) is 3.04. The Morgan fingerprint density at radius 1 is 1.30 bits per heavy atom. The minimum Gasteiger partial charge on any atom is -0.352 e. The molecule has 0 atom stereocenters. The standard InChI is InChI=1S/C17H22N2O/c18-11-5-8-14-6-4-7-15(12-14)13-19-17(20)16-9-2-1-3-10-16/h4,6-7,12,16H,1-3,9-11,13,18H2,(H,19,20). The molecule has 1 amide bonds. The highest BCUT2D eigenvalue weighted by atomic mass is 16.1. The van der Waals surface area contributed by atoms with Gasteiger partial charge in [0.05, 0.1) is 6.54 Å². The lowest BCUT2D eigenvalue weighted by atomic mass is 9.88. The van der Waals surface area contributed by atoms with Crippen LogP contribution in [0.3, 0.4) is 0 Å². The third-order valence-electron chi connectivity index (χ3n) is 3.70. The van der Waals surface area contributed by atoms with Crippen LogP contribution in [0.15, 0.2) is 24.3 Å². The zero-order valence-electron chi connectivity index (χ0n) is 11.8. The summed E-state index contributed by atoms with van der Waals surface area (Å²) in [7, 11) is 0. The molecule has 1 aromatic carbocycles. The number of hydrogen-bond acceptors (Lipinski definition) is 2. The van der Waals surface area contributed by atoms with E-state index in [0.29, 0.717) is 13.1 Å². The van der Waals surface area contributed by atoms with Crippen molar-refractivity contribution in [2.24, 2.45) is 11.7 Å². The Morgan fingerprint density at radius 2 is 2.10 bits per heavy atom. The van der Waals surface area contributed by atoms with Crippen LogP contribution in [0.4, 0.5) is 0 Å². The van der Waals surface area contributed by atoms with Crippen molar-refractivity contribution < 1.29 is 4.79 Å². The quantitative estimate of drug-likeness (QED) is 0.827. The molecule has 0 saturated heterocycles. The molecular weight excluding hydrogens is 248 g/mol. The van der Waals surface area contributed by atoms with E-state index >= 15 is 0 Å². The van der Waals surface area contributed by atoms with Crippen LogP contribution < -0.4 is 11.1 Å². The zero-order chi connectivity index (χ0) is 14.2. The van der Waals surface area contributed by atoms with Crippen LogP contribution in [0, 0.1) is 17.8 Å². The van der Waals surface area contributed by atoms with Crippen LogP contribution in [0.5, 0.6) is 0 Å². The summed E-state index contributed by atoms with van der Waals surface area (Å²) < 4.78 is 0. The van der Waals surface area contributed by atoms with E-state index in [9.17, 15) is 4.79 Å². The minimum absolute atomic E-state index is 0.197. The fourth-order valence-corrected chi connectivity index (χ4v) is 2.61. The summed E-state index contributed by atoms with van der Waals surface area (Å²) in [5.74, 6) is 6.26. The van der Waals surface area contributed by atoms with Crippen molar-refractivity contribution >= 4 is 5.91 Å². The lowest BCUT2D eigenvalue weighted by Gasteiger charge is -2.20. The molecule has 1 aromatic rings. The fraction of sp³-hybridized carbons (Fsp3) is 0.471. The second-order valence-electron chi connectivity index (χ2n) is 5.26. The van der Waals surface area contributed by atoms with Crippen molar-refractivity contribution in [2.75, 3.05) is 6.54 Å². The second-order valence-corrected chi connectivity index (χ2v) is 5.26. The van der Waals surface area contributed by atoms with Crippen LogP contribution >= 0.6 is 0 Å². The summed E-state index contributed by atoms with van der Waals surface area (Å²) in [5.41, 5.74) is 7.39. The molecule has 0 spiro atoms. The van der Waals surface area contributed by atoms with Gasteiger partial charge in [-0.15, -0.1) is 0 Å². The number of rotatable bonds is 3. The normalized spacial score (nSPS) is 15.2. The molecule has 0 radical (unpaired) electrons. The van der Waals surface area contributed by atoms with Crippen molar-refractivity contribution in [1.82, 2.24) is 5.32 Å². The molecule has 106 valence electrons. The highest BCUT2D eigenvalue weighted by Crippen LogP contribution is 2.23. The Labute approximate surface area is 120 Å². The van der Waals surface area contributed by atoms with E-state index in [4.69, 9.17) is 5.73 Å². The van der Waals surface area contributed by atoms with Gasteiger partial charge in [0.1, 0.15) is 0 Å². The third kappa shape index (κ3) is 4.40. The molecule has 20 heavy (non-hydrogen) atoms. The lowest BCUT2D eigenvalue weighted by Crippen LogP contribution is -2.31. The van der Waals surface area contributed by atoms with Crippen molar-refractivity contribution in [3.8, 4) is 11.8 Å². The number of nitrogens with two attached hydrogens (primary N) is 1. The molecule has 3 nitrogen and oxygen atoms in total. The van der Waals surface area contributed by atoms with Gasteiger partial charge in [-0.25, -0.2) is 0 Å². The Balaban J connectivity index is 1.88. The Bertz CT molecular complexity index is 507. The van der Waals surface area contributed by atoms with Crippen LogP contribution in [0.2, 0.25) is 0 Å². The SMILES string of the molecule is NCC#Cc1cccc(CNC(=O)C2CCCCC2)c1. The highest BCUT2D eigenvalue weighted by molar-refractivity contribution is 5.78. The van der Waals surface area contributed by atoms with Crippen LogP contribution in [-0.2, 0) is 11.3 Å². The minimum atomic E-state index is 0.197. The van der Waals surface area contributed by atoms with Gasteiger partial charge in [-0.2, -0.15) is 0 Å². The smallest absolute Gasteiger partial charge is 0.223 e. The topological polar surface area (TPSA) is 55.1 Å². The fourth-order valence-electron chi connectivity index (χ4n) is 2.61. The molecule has 1 fully saturated rings. The predicted octanol–water partition coefficient (Wildman–Crippen LogP) is 2.19. The van der Waals surface area contributed by atoms with Gasteiger partial charge < -0.3 is 11.1 Å². The van der Waals surface area contributed by atoms with E-state index in [2.05, 4.69) is 17.2 Å². The number of carbonyl (C=O) groups excluding carboxylic acids is 1. The molecule has 1 saturated carbocycles. The van der Waals surface area contributed by atoms with Crippen LogP contribution in [0.25, 0.3) is 0 Å². The van der Waals surface area contributed by atoms with Gasteiger partial charge in [0.2, 0.25) is 5.91 Å². The number of amides is 1. The molecule has 0 unspecified atom stereocenters. The van der Waals surface area contributed by atoms with Gasteiger partial charge in [0.25, 0.3) is 0 Å². The molecule has 0 heterocycles. The first-order chi connectivity index (χ1) is 9.79. The lowest BCUT2D eigenvalue weighted by molar-refractivity contribution is -0.126. The molecule has 3 N–H and O–H groups in total. The zero-order valence-corrected chi connectivity index (χ0v) is 11.8. The first kappa shape index (κ1) is 14.6. The molecule has 0 bridgehead atoms. The molecule has 3 heteroatoms. The van der Waals surface area contributed by atoms with Crippen molar-refractivity contribution in [3.63, 3.8) is 0 Å². The second kappa shape index (κ2) is 7.72. The first-order valence-electron chi connectivity index (χ1n) is 7.35. The summed E-state index contributed by atoms with van der Waals surface area (Å²) in [4.78, 5) is 12.1. The number of hydrogen-bond donors (Lipinski definition) is 2. The molecule has 1 aliphatic carbocycles. The molecular formula is C17H22N2O. The molecule has 1 aliphatic rings. The van der Waals surface area contributed by atoms with Gasteiger partial charge in [-0.1, -0.05) is 43.2 Å². The summed E-state index contributed by atoms with van der Waals surface area (Å²) in [6.07, 6.45) is 5.71. The maximum atomic E-state index is 12.1. The van der Waals surface area contributed by atoms with Crippen molar-refractivity contribution in [1.29, 1.82) is 0 Å². The van der Waals surface area contributed by atoms with E-state index in [1.807, 2.05) is 24.3 Å². The average molecular weight is 270 g/mol. The van der Waals surface area contributed by atoms with Crippen molar-refractivity contribution in [3.05, 3.63) is 35.4 Å². The predicted molar refractivity (Wildman–Crippen MR) is 80.8 cm³/mol. The maximum Gasteiger partial charge on any atom is 0.223 e. The molecule has 2 rings (SSSR count). The van der Waals surface area contributed by atoms with Gasteiger partial charge in [0.15, 0.2) is 0 Å². The number of nitrogens with one attached hydrogen (secondary N) is 1. The van der Waals surface area contributed by atoms with E-state index in [1.54, 1.807) is 0 Å². The monoisotopic (exact) mass is 270 g/mol. The number of benzene rings is 1. The molecule has 0 aromatic heterocycles. The van der Waals surface area contributed by atoms with E-state index in [0.717, 1.165) is 24.0 Å². The highest BCUT2D eigenvalue weighted by Gasteiger charge is 2.20. The summed E-state index contributed by atoms with van der Waals surface area (Å²) in [6, 6.07) is 7.93. The largest absolute Gasteiger partial charge is 0.352 e. The summed E-state index contributed by atoms with van der Waals surface area (Å²) >= 11 is 0. The van der Waals surface area contributed by atoms with Gasteiger partial charge >= 0.3 is 0 Å². The van der Waals surface area contributed by atoms with Crippen molar-refractivity contribution in [2.45, 2.75) is 38.6 Å². The Kier molecular flexibility index (Phi) is 5.64. The van der Waals surface area contributed by atoms with E-state index in [1.165, 1.54) is 19.3 Å². The first-order valence-corrected chi connectivity index (χ1v) is 7.35. The average Bonchev–Trinajstić information content (AvgIpc) is 2.52. The molecule has 0 aliphatic heterocycles. The van der Waals surface area contributed by atoms with E-state index in [-0.39, 0.29) is 11.8 Å². The summed E-state index contributed by atoms with van der Waals surface area (Å²) in [6.45, 7) is 0.941. The van der Waals surface area contributed by atoms with E-state index < -0.39 is 0 Å². The van der Waals surface area contributed by atoms with Gasteiger partial charge in [-0.3, -0.25) is 4.79 Å². The van der Waals surface area contributed by atoms with Gasteiger partial charge in [-0.05, 0) is 30.5 Å². The van der Waals surface area contributed by atoms with Gasteiger partial charge in [0, 0.05) is 18.0 Å². The van der Waals surface area contributed by atoms with Crippen LogP contribution in [-0.4, -0.2) is 12.5 Å². The maximum absolute atomic E-state index is 12.1. The third-order valence-corrected chi connectivity index (χ3v) is 3.70.